The van der Waals surface area contributed by atoms with E-state index in [4.69, 9.17) is 21.3 Å². The number of carboxylic acids is 1. The highest BCUT2D eigenvalue weighted by Gasteiger charge is 2.49. The van der Waals surface area contributed by atoms with Gasteiger partial charge in [-0.3, -0.25) is 0 Å². The van der Waals surface area contributed by atoms with Gasteiger partial charge in [-0.15, -0.1) is 0 Å². The summed E-state index contributed by atoms with van der Waals surface area (Å²) >= 11 is 0. The van der Waals surface area contributed by atoms with Crippen LogP contribution < -0.4 is 11.5 Å². The number of aliphatic hydroxyl groups excluding tert-OH is 2. The minimum Gasteiger partial charge on any atom is -0.479 e. The molecule has 0 aromatic rings. The predicted molar refractivity (Wildman–Crippen MR) is 59.2 cm³/mol. The zero-order valence-corrected chi connectivity index (χ0v) is 9.91. The largest absolute Gasteiger partial charge is 0.479 e. The van der Waals surface area contributed by atoms with E-state index >= 15 is 0 Å². The lowest BCUT2D eigenvalue weighted by atomic mass is 9.84. The molecule has 1 aliphatic rings. The SMILES string of the molecule is CC(O)C(O)C1O[C@](C)(C(=O)O)C[C@H](N)C1N. The summed E-state index contributed by atoms with van der Waals surface area (Å²) in [6.07, 6.45) is -3.28. The normalized spacial score (nSPS) is 41.9. The number of hydrogen-bond acceptors (Lipinski definition) is 6. The van der Waals surface area contributed by atoms with E-state index in [-0.39, 0.29) is 6.42 Å². The average molecular weight is 248 g/mol. The van der Waals surface area contributed by atoms with E-state index in [1.807, 2.05) is 0 Å². The third-order valence-corrected chi connectivity index (χ3v) is 3.18. The number of aliphatic hydroxyl groups is 2. The maximum absolute atomic E-state index is 11.1. The van der Waals surface area contributed by atoms with Crippen molar-refractivity contribution in [1.82, 2.24) is 0 Å². The molecule has 0 spiro atoms. The molecule has 0 aliphatic carbocycles. The van der Waals surface area contributed by atoms with Crippen molar-refractivity contribution in [3.8, 4) is 0 Å². The molecule has 0 bridgehead atoms. The number of aliphatic carboxylic acids is 1. The first-order chi connectivity index (χ1) is 7.69. The van der Waals surface area contributed by atoms with E-state index in [1.165, 1.54) is 13.8 Å². The van der Waals surface area contributed by atoms with Crippen LogP contribution in [0.4, 0.5) is 0 Å². The van der Waals surface area contributed by atoms with Gasteiger partial charge in [-0.1, -0.05) is 0 Å². The van der Waals surface area contributed by atoms with Crippen LogP contribution in [0.3, 0.4) is 0 Å². The molecule has 7 nitrogen and oxygen atoms in total. The Morgan fingerprint density at radius 3 is 2.41 bits per heavy atom. The van der Waals surface area contributed by atoms with Crippen LogP contribution in [0.5, 0.6) is 0 Å². The highest BCUT2D eigenvalue weighted by atomic mass is 16.5. The van der Waals surface area contributed by atoms with Crippen LogP contribution in [0.2, 0.25) is 0 Å². The molecule has 100 valence electrons. The molecule has 0 radical (unpaired) electrons. The zero-order valence-electron chi connectivity index (χ0n) is 9.91. The maximum atomic E-state index is 11.1. The van der Waals surface area contributed by atoms with Crippen LogP contribution >= 0.6 is 0 Å². The Bertz CT molecular complexity index is 294. The smallest absolute Gasteiger partial charge is 0.335 e. The summed E-state index contributed by atoms with van der Waals surface area (Å²) in [4.78, 5) is 11.1. The summed E-state index contributed by atoms with van der Waals surface area (Å²) in [5, 5.41) is 28.1. The second-order valence-electron chi connectivity index (χ2n) is 4.79. The van der Waals surface area contributed by atoms with Crippen LogP contribution in [0.25, 0.3) is 0 Å². The first kappa shape index (κ1) is 14.3. The lowest BCUT2D eigenvalue weighted by Gasteiger charge is -2.44. The van der Waals surface area contributed by atoms with Crippen molar-refractivity contribution < 1.29 is 24.9 Å². The second-order valence-corrected chi connectivity index (χ2v) is 4.79. The van der Waals surface area contributed by atoms with Gasteiger partial charge in [0, 0.05) is 18.5 Å². The van der Waals surface area contributed by atoms with Crippen molar-refractivity contribution in [2.75, 3.05) is 0 Å². The topological polar surface area (TPSA) is 139 Å². The number of rotatable bonds is 3. The molecular weight excluding hydrogens is 228 g/mol. The van der Waals surface area contributed by atoms with Gasteiger partial charge in [0.05, 0.1) is 6.10 Å². The predicted octanol–water partition coefficient (Wildman–Crippen LogP) is -1.99. The van der Waals surface area contributed by atoms with Gasteiger partial charge in [0.1, 0.15) is 12.2 Å². The molecule has 6 atom stereocenters. The summed E-state index contributed by atoms with van der Waals surface area (Å²) < 4.78 is 5.33. The Hall–Kier alpha value is -0.730. The van der Waals surface area contributed by atoms with Crippen molar-refractivity contribution in [3.05, 3.63) is 0 Å². The number of ether oxygens (including phenoxy) is 1. The fraction of sp³-hybridized carbons (Fsp3) is 0.900. The summed E-state index contributed by atoms with van der Waals surface area (Å²) in [5.74, 6) is -1.16. The number of hydrogen-bond donors (Lipinski definition) is 5. The molecule has 0 amide bonds. The minimum atomic E-state index is -1.49. The highest BCUT2D eigenvalue weighted by molar-refractivity contribution is 5.77. The second kappa shape index (κ2) is 4.87. The van der Waals surface area contributed by atoms with Gasteiger partial charge >= 0.3 is 5.97 Å². The van der Waals surface area contributed by atoms with Gasteiger partial charge in [0.15, 0.2) is 5.60 Å². The molecule has 1 heterocycles. The molecule has 1 rings (SSSR count). The van der Waals surface area contributed by atoms with Gasteiger partial charge in [0.2, 0.25) is 0 Å². The van der Waals surface area contributed by atoms with Crippen LogP contribution in [-0.4, -0.2) is 57.3 Å². The Morgan fingerprint density at radius 1 is 1.47 bits per heavy atom. The number of nitrogens with two attached hydrogens (primary N) is 2. The first-order valence-electron chi connectivity index (χ1n) is 5.47. The molecule has 7 heteroatoms. The Morgan fingerprint density at radius 2 is 2.00 bits per heavy atom. The van der Waals surface area contributed by atoms with Crippen LogP contribution in [-0.2, 0) is 9.53 Å². The Kier molecular flexibility index (Phi) is 4.11. The molecule has 17 heavy (non-hydrogen) atoms. The highest BCUT2D eigenvalue weighted by Crippen LogP contribution is 2.30. The van der Waals surface area contributed by atoms with Crippen LogP contribution in [0.1, 0.15) is 20.3 Å². The van der Waals surface area contributed by atoms with E-state index in [1.54, 1.807) is 0 Å². The lowest BCUT2D eigenvalue weighted by molar-refractivity contribution is -0.204. The molecule has 7 N–H and O–H groups in total. The van der Waals surface area contributed by atoms with Gasteiger partial charge in [-0.25, -0.2) is 4.79 Å². The zero-order chi connectivity index (χ0) is 13.4. The van der Waals surface area contributed by atoms with E-state index in [2.05, 4.69) is 0 Å². The number of carboxylic acid groups (broad SMARTS) is 1. The third-order valence-electron chi connectivity index (χ3n) is 3.18. The van der Waals surface area contributed by atoms with E-state index < -0.39 is 42.0 Å². The Balaban J connectivity index is 2.93. The van der Waals surface area contributed by atoms with E-state index in [0.717, 1.165) is 0 Å². The Labute approximate surface area is 99.4 Å². The molecule has 1 aliphatic heterocycles. The van der Waals surface area contributed by atoms with Gasteiger partial charge in [0.25, 0.3) is 0 Å². The molecule has 0 aromatic heterocycles. The van der Waals surface area contributed by atoms with Crippen molar-refractivity contribution in [3.63, 3.8) is 0 Å². The minimum absolute atomic E-state index is 0.0620. The molecule has 0 saturated carbocycles. The lowest BCUT2D eigenvalue weighted by Crippen LogP contribution is -2.66. The first-order valence-corrected chi connectivity index (χ1v) is 5.47. The molecule has 4 unspecified atom stereocenters. The van der Waals surface area contributed by atoms with Crippen LogP contribution in [0.15, 0.2) is 0 Å². The summed E-state index contributed by atoms with van der Waals surface area (Å²) in [7, 11) is 0. The fourth-order valence-electron chi connectivity index (χ4n) is 1.97. The van der Waals surface area contributed by atoms with Crippen molar-refractivity contribution in [2.24, 2.45) is 11.5 Å². The van der Waals surface area contributed by atoms with Gasteiger partial charge < -0.3 is 31.5 Å². The number of carbonyl (C=O) groups is 1. The standard InChI is InChI=1S/C10H20N2O5/c1-4(13)7(14)8-6(12)5(11)3-10(2,17-8)9(15)16/h4-8,13-14H,3,11-12H2,1-2H3,(H,15,16)/t4?,5-,6?,7?,8?,10-/m0/s1. The third kappa shape index (κ3) is 2.75. The summed E-state index contributed by atoms with van der Waals surface area (Å²) in [5.41, 5.74) is 10.0. The van der Waals surface area contributed by atoms with E-state index in [9.17, 15) is 15.0 Å². The molecule has 1 saturated heterocycles. The fourth-order valence-corrected chi connectivity index (χ4v) is 1.97. The van der Waals surface area contributed by atoms with Gasteiger partial charge in [-0.2, -0.15) is 0 Å². The van der Waals surface area contributed by atoms with Crippen molar-refractivity contribution in [2.45, 2.75) is 56.3 Å². The van der Waals surface area contributed by atoms with Crippen LogP contribution in [0, 0.1) is 0 Å². The molecule has 0 aromatic carbocycles. The monoisotopic (exact) mass is 248 g/mol. The van der Waals surface area contributed by atoms with Gasteiger partial charge in [-0.05, 0) is 13.8 Å². The summed E-state index contributed by atoms with van der Waals surface area (Å²) in [6, 6.07) is -1.32. The quantitative estimate of drug-likeness (QED) is 0.390. The molecule has 1 fully saturated rings. The van der Waals surface area contributed by atoms with Crippen molar-refractivity contribution in [1.29, 1.82) is 0 Å². The molecular formula is C10H20N2O5. The average Bonchev–Trinajstić information content (AvgIpc) is 2.22. The summed E-state index contributed by atoms with van der Waals surface area (Å²) in [6.45, 7) is 2.75. The van der Waals surface area contributed by atoms with Crippen molar-refractivity contribution >= 4 is 5.97 Å². The van der Waals surface area contributed by atoms with E-state index in [0.29, 0.717) is 0 Å². The maximum Gasteiger partial charge on any atom is 0.335 e.